The minimum Gasteiger partial charge on any atom is -0.280 e. The molecule has 0 aliphatic heterocycles. The summed E-state index contributed by atoms with van der Waals surface area (Å²) in [6.45, 7) is 2.12. The standard InChI is InChI=1S/C13H14F2N4O2/c1-3-4-19(13(21)16-7-20)12-8-5-9(14)10(15)6-11(8)18(2)17-12/h5-7H,3-4H2,1-2H3,(H,16,20,21). The second kappa shape index (κ2) is 5.86. The Hall–Kier alpha value is -2.51. The summed E-state index contributed by atoms with van der Waals surface area (Å²) in [5.74, 6) is -1.84. The van der Waals surface area contributed by atoms with Crippen molar-refractivity contribution in [1.29, 1.82) is 0 Å². The average molecular weight is 296 g/mol. The van der Waals surface area contributed by atoms with Gasteiger partial charge >= 0.3 is 6.03 Å². The summed E-state index contributed by atoms with van der Waals surface area (Å²) >= 11 is 0. The lowest BCUT2D eigenvalue weighted by Crippen LogP contribution is -2.40. The molecule has 0 unspecified atom stereocenters. The third-order valence-corrected chi connectivity index (χ3v) is 3.00. The molecule has 0 aliphatic carbocycles. The van der Waals surface area contributed by atoms with Gasteiger partial charge in [-0.05, 0) is 12.5 Å². The summed E-state index contributed by atoms with van der Waals surface area (Å²) in [6, 6.07) is 1.34. The summed E-state index contributed by atoms with van der Waals surface area (Å²) in [5.41, 5.74) is 0.351. The summed E-state index contributed by atoms with van der Waals surface area (Å²) < 4.78 is 28.1. The number of anilines is 1. The van der Waals surface area contributed by atoms with Crippen molar-refractivity contribution in [3.8, 4) is 0 Å². The highest BCUT2D eigenvalue weighted by molar-refractivity contribution is 6.03. The fourth-order valence-corrected chi connectivity index (χ4v) is 2.09. The van der Waals surface area contributed by atoms with Crippen molar-refractivity contribution in [2.75, 3.05) is 11.4 Å². The Morgan fingerprint density at radius 3 is 2.71 bits per heavy atom. The number of nitrogens with zero attached hydrogens (tertiary/aromatic N) is 3. The highest BCUT2D eigenvalue weighted by atomic mass is 19.2. The molecule has 2 rings (SSSR count). The van der Waals surface area contributed by atoms with Gasteiger partial charge < -0.3 is 0 Å². The molecular formula is C13H14F2N4O2. The predicted molar refractivity (Wildman–Crippen MR) is 72.9 cm³/mol. The lowest BCUT2D eigenvalue weighted by Gasteiger charge is -2.18. The van der Waals surface area contributed by atoms with E-state index in [2.05, 4.69) is 5.10 Å². The molecule has 1 heterocycles. The molecule has 2 aromatic rings. The SMILES string of the molecule is CCCN(C(=O)NC=O)c1nn(C)c2cc(F)c(F)cc12. The average Bonchev–Trinajstić information content (AvgIpc) is 2.74. The molecule has 6 nitrogen and oxygen atoms in total. The summed E-state index contributed by atoms with van der Waals surface area (Å²) in [7, 11) is 1.56. The monoisotopic (exact) mass is 296 g/mol. The number of hydrogen-bond donors (Lipinski definition) is 1. The lowest BCUT2D eigenvalue weighted by molar-refractivity contribution is -0.108. The van der Waals surface area contributed by atoms with Crippen LogP contribution in [0.25, 0.3) is 10.9 Å². The molecule has 1 aromatic carbocycles. The molecule has 0 aliphatic rings. The van der Waals surface area contributed by atoms with E-state index >= 15 is 0 Å². The molecule has 0 radical (unpaired) electrons. The molecule has 0 atom stereocenters. The molecule has 8 heteroatoms. The minimum atomic E-state index is -1.02. The van der Waals surface area contributed by atoms with E-state index in [0.717, 1.165) is 12.1 Å². The van der Waals surface area contributed by atoms with Gasteiger partial charge in [0.2, 0.25) is 6.41 Å². The smallest absolute Gasteiger partial charge is 0.280 e. The van der Waals surface area contributed by atoms with Crippen LogP contribution in [0.4, 0.5) is 19.4 Å². The maximum atomic E-state index is 13.4. The van der Waals surface area contributed by atoms with Gasteiger partial charge in [-0.2, -0.15) is 5.10 Å². The van der Waals surface area contributed by atoms with Crippen LogP contribution in [0, 0.1) is 11.6 Å². The highest BCUT2D eigenvalue weighted by Crippen LogP contribution is 2.28. The number of nitrogens with one attached hydrogen (secondary N) is 1. The third-order valence-electron chi connectivity index (χ3n) is 3.00. The number of urea groups is 1. The first kappa shape index (κ1) is 14.9. The van der Waals surface area contributed by atoms with E-state index in [1.54, 1.807) is 7.05 Å². The fourth-order valence-electron chi connectivity index (χ4n) is 2.09. The topological polar surface area (TPSA) is 67.2 Å². The highest BCUT2D eigenvalue weighted by Gasteiger charge is 2.22. The molecule has 0 bridgehead atoms. The largest absolute Gasteiger partial charge is 0.329 e. The molecule has 1 aromatic heterocycles. The van der Waals surface area contributed by atoms with Crippen LogP contribution in [0.5, 0.6) is 0 Å². The number of hydrogen-bond acceptors (Lipinski definition) is 3. The van der Waals surface area contributed by atoms with Gasteiger partial charge in [-0.3, -0.25) is 19.7 Å². The van der Waals surface area contributed by atoms with Gasteiger partial charge in [0.25, 0.3) is 0 Å². The zero-order chi connectivity index (χ0) is 15.6. The molecule has 3 amide bonds. The Balaban J connectivity index is 2.59. The van der Waals surface area contributed by atoms with Gasteiger partial charge in [-0.1, -0.05) is 6.92 Å². The molecule has 112 valence electrons. The van der Waals surface area contributed by atoms with Crippen LogP contribution in [-0.2, 0) is 11.8 Å². The number of fused-ring (bicyclic) bond motifs is 1. The number of rotatable bonds is 4. The Morgan fingerprint density at radius 1 is 1.43 bits per heavy atom. The minimum absolute atomic E-state index is 0.174. The van der Waals surface area contributed by atoms with Gasteiger partial charge in [0, 0.05) is 25.0 Å². The van der Waals surface area contributed by atoms with Crippen molar-refractivity contribution in [3.63, 3.8) is 0 Å². The number of carbonyl (C=O) groups is 2. The summed E-state index contributed by atoms with van der Waals surface area (Å²) in [6.07, 6.45) is 0.865. The molecule has 0 saturated heterocycles. The van der Waals surface area contributed by atoms with Gasteiger partial charge in [0.1, 0.15) is 0 Å². The Morgan fingerprint density at radius 2 is 2.10 bits per heavy atom. The van der Waals surface area contributed by atoms with Crippen molar-refractivity contribution in [2.24, 2.45) is 7.05 Å². The van der Waals surface area contributed by atoms with E-state index in [-0.39, 0.29) is 18.8 Å². The van der Waals surface area contributed by atoms with E-state index in [9.17, 15) is 18.4 Å². The van der Waals surface area contributed by atoms with E-state index in [1.807, 2.05) is 12.2 Å². The number of amides is 3. The van der Waals surface area contributed by atoms with Crippen molar-refractivity contribution >= 4 is 29.2 Å². The zero-order valence-corrected chi connectivity index (χ0v) is 11.6. The van der Waals surface area contributed by atoms with E-state index in [1.165, 1.54) is 9.58 Å². The van der Waals surface area contributed by atoms with Crippen LogP contribution in [0.15, 0.2) is 12.1 Å². The first-order valence-corrected chi connectivity index (χ1v) is 6.33. The number of imide groups is 1. The number of benzene rings is 1. The fraction of sp³-hybridized carbons (Fsp3) is 0.308. The third kappa shape index (κ3) is 2.69. The summed E-state index contributed by atoms with van der Waals surface area (Å²) in [4.78, 5) is 23.6. The lowest BCUT2D eigenvalue weighted by atomic mass is 10.2. The molecule has 0 spiro atoms. The molecule has 0 fully saturated rings. The second-order valence-corrected chi connectivity index (χ2v) is 4.45. The normalized spacial score (nSPS) is 10.7. The maximum absolute atomic E-state index is 13.4. The van der Waals surface area contributed by atoms with Crippen LogP contribution in [0.1, 0.15) is 13.3 Å². The Labute approximate surface area is 119 Å². The van der Waals surface area contributed by atoms with E-state index in [4.69, 9.17) is 0 Å². The zero-order valence-electron chi connectivity index (χ0n) is 11.6. The van der Waals surface area contributed by atoms with Crippen LogP contribution < -0.4 is 10.2 Å². The number of aryl methyl sites for hydroxylation is 1. The first-order chi connectivity index (χ1) is 9.99. The van der Waals surface area contributed by atoms with E-state index < -0.39 is 17.7 Å². The van der Waals surface area contributed by atoms with Crippen molar-refractivity contribution in [2.45, 2.75) is 13.3 Å². The molecule has 0 saturated carbocycles. The molecule has 21 heavy (non-hydrogen) atoms. The van der Waals surface area contributed by atoms with Crippen LogP contribution in [-0.4, -0.2) is 28.8 Å². The van der Waals surface area contributed by atoms with Gasteiger partial charge in [-0.15, -0.1) is 0 Å². The molecule has 1 N–H and O–H groups in total. The van der Waals surface area contributed by atoms with Gasteiger partial charge in [0.15, 0.2) is 17.5 Å². The first-order valence-electron chi connectivity index (χ1n) is 6.33. The predicted octanol–water partition coefficient (Wildman–Crippen LogP) is 1.93. The second-order valence-electron chi connectivity index (χ2n) is 4.45. The van der Waals surface area contributed by atoms with Crippen molar-refractivity contribution in [1.82, 2.24) is 15.1 Å². The Bertz CT molecular complexity index is 699. The van der Waals surface area contributed by atoms with Gasteiger partial charge in [-0.25, -0.2) is 13.6 Å². The Kier molecular flexibility index (Phi) is 4.15. The summed E-state index contributed by atoms with van der Waals surface area (Å²) in [5, 5.41) is 6.44. The van der Waals surface area contributed by atoms with Crippen LogP contribution in [0.2, 0.25) is 0 Å². The number of aromatic nitrogens is 2. The van der Waals surface area contributed by atoms with Crippen molar-refractivity contribution < 1.29 is 18.4 Å². The van der Waals surface area contributed by atoms with Crippen LogP contribution in [0.3, 0.4) is 0 Å². The number of carbonyl (C=O) groups excluding carboxylic acids is 2. The maximum Gasteiger partial charge on any atom is 0.329 e. The van der Waals surface area contributed by atoms with E-state index in [0.29, 0.717) is 17.3 Å². The molecular weight excluding hydrogens is 282 g/mol. The van der Waals surface area contributed by atoms with Crippen molar-refractivity contribution in [3.05, 3.63) is 23.8 Å². The van der Waals surface area contributed by atoms with Gasteiger partial charge in [0.05, 0.1) is 5.52 Å². The van der Waals surface area contributed by atoms with Crippen LogP contribution >= 0.6 is 0 Å². The number of halogens is 2. The quantitative estimate of drug-likeness (QED) is 0.877.